The average Bonchev–Trinajstić information content (AvgIpc) is 3.40. The lowest BCUT2D eigenvalue weighted by atomic mass is 9.98. The third-order valence-electron chi connectivity index (χ3n) is 3.81. The normalized spacial score (nSPS) is 16.0. The summed E-state index contributed by atoms with van der Waals surface area (Å²) >= 11 is 1.50. The standard InChI is InChI=1S/C17H22N2O3S/c1-17(12-18,13-3-4-13)19-16(20)11-23-10-9-22-15-7-5-14(21-2)6-8-15/h5-8,13H,3-4,9-11H2,1-2H3,(H,19,20)/t17-/m0/s1. The summed E-state index contributed by atoms with van der Waals surface area (Å²) in [6, 6.07) is 9.62. The number of nitrogens with zero attached hydrogens (tertiary/aromatic N) is 1. The van der Waals surface area contributed by atoms with Crippen molar-refractivity contribution in [1.82, 2.24) is 5.32 Å². The predicted octanol–water partition coefficient (Wildman–Crippen LogP) is 2.62. The summed E-state index contributed by atoms with van der Waals surface area (Å²) in [4.78, 5) is 11.9. The summed E-state index contributed by atoms with van der Waals surface area (Å²) in [5, 5.41) is 12.1. The van der Waals surface area contributed by atoms with Gasteiger partial charge in [-0.25, -0.2) is 0 Å². The van der Waals surface area contributed by atoms with E-state index in [2.05, 4.69) is 11.4 Å². The van der Waals surface area contributed by atoms with Crippen LogP contribution in [-0.2, 0) is 4.79 Å². The van der Waals surface area contributed by atoms with E-state index in [4.69, 9.17) is 9.47 Å². The largest absolute Gasteiger partial charge is 0.497 e. The van der Waals surface area contributed by atoms with Crippen LogP contribution in [0.5, 0.6) is 11.5 Å². The Labute approximate surface area is 141 Å². The van der Waals surface area contributed by atoms with Crippen LogP contribution < -0.4 is 14.8 Å². The Hall–Kier alpha value is -1.87. The highest BCUT2D eigenvalue weighted by Crippen LogP contribution is 2.39. The molecule has 1 aliphatic rings. The van der Waals surface area contributed by atoms with Gasteiger partial charge >= 0.3 is 0 Å². The molecule has 1 amide bonds. The summed E-state index contributed by atoms with van der Waals surface area (Å²) in [5.41, 5.74) is -0.711. The Bertz CT molecular complexity index is 566. The number of hydrogen-bond acceptors (Lipinski definition) is 5. The van der Waals surface area contributed by atoms with Crippen molar-refractivity contribution in [3.63, 3.8) is 0 Å². The Balaban J connectivity index is 1.61. The molecule has 0 heterocycles. The van der Waals surface area contributed by atoms with Crippen molar-refractivity contribution in [1.29, 1.82) is 5.26 Å². The van der Waals surface area contributed by atoms with Gasteiger partial charge in [0.05, 0.1) is 25.5 Å². The Morgan fingerprint density at radius 2 is 2.04 bits per heavy atom. The second-order valence-corrected chi connectivity index (χ2v) is 6.82. The van der Waals surface area contributed by atoms with Gasteiger partial charge in [-0.15, -0.1) is 11.8 Å². The van der Waals surface area contributed by atoms with E-state index in [1.807, 2.05) is 24.3 Å². The lowest BCUT2D eigenvalue weighted by Crippen LogP contribution is -2.47. The molecule has 0 spiro atoms. The molecule has 2 rings (SSSR count). The van der Waals surface area contributed by atoms with E-state index in [-0.39, 0.29) is 5.91 Å². The molecule has 0 radical (unpaired) electrons. The van der Waals surface area contributed by atoms with E-state index >= 15 is 0 Å². The number of thioether (sulfide) groups is 1. The van der Waals surface area contributed by atoms with Crippen LogP contribution in [0.3, 0.4) is 0 Å². The molecule has 23 heavy (non-hydrogen) atoms. The van der Waals surface area contributed by atoms with Gasteiger partial charge in [-0.2, -0.15) is 5.26 Å². The number of ether oxygens (including phenoxy) is 2. The van der Waals surface area contributed by atoms with Crippen LogP contribution in [-0.4, -0.2) is 36.7 Å². The van der Waals surface area contributed by atoms with Crippen LogP contribution in [0.25, 0.3) is 0 Å². The van der Waals surface area contributed by atoms with Crippen molar-refractivity contribution in [2.24, 2.45) is 5.92 Å². The van der Waals surface area contributed by atoms with Gasteiger partial charge in [0.25, 0.3) is 0 Å². The van der Waals surface area contributed by atoms with Crippen LogP contribution in [0.2, 0.25) is 0 Å². The zero-order valence-electron chi connectivity index (χ0n) is 13.5. The number of benzene rings is 1. The molecule has 0 bridgehead atoms. The topological polar surface area (TPSA) is 71.3 Å². The molecule has 1 fully saturated rings. The number of nitrogens with one attached hydrogen (secondary N) is 1. The summed E-state index contributed by atoms with van der Waals surface area (Å²) in [6.45, 7) is 2.34. The molecule has 124 valence electrons. The lowest BCUT2D eigenvalue weighted by molar-refractivity contribution is -0.119. The number of carbonyl (C=O) groups is 1. The van der Waals surface area contributed by atoms with Crippen LogP contribution in [0, 0.1) is 17.2 Å². The number of amides is 1. The first-order valence-electron chi connectivity index (χ1n) is 7.64. The zero-order chi connectivity index (χ0) is 16.7. The monoisotopic (exact) mass is 334 g/mol. The van der Waals surface area contributed by atoms with Crippen molar-refractivity contribution >= 4 is 17.7 Å². The summed E-state index contributed by atoms with van der Waals surface area (Å²) in [6.07, 6.45) is 2.04. The van der Waals surface area contributed by atoms with Gasteiger partial charge in [0.2, 0.25) is 5.91 Å². The Kier molecular flexibility index (Phi) is 6.17. The first kappa shape index (κ1) is 17.5. The van der Waals surface area contributed by atoms with Gasteiger partial charge in [0, 0.05) is 5.75 Å². The van der Waals surface area contributed by atoms with Crippen LogP contribution in [0.15, 0.2) is 24.3 Å². The molecule has 1 aromatic carbocycles. The molecule has 1 aromatic rings. The molecular formula is C17H22N2O3S. The molecular weight excluding hydrogens is 312 g/mol. The van der Waals surface area contributed by atoms with Gasteiger partial charge in [-0.1, -0.05) is 0 Å². The molecule has 1 N–H and O–H groups in total. The maximum Gasteiger partial charge on any atom is 0.231 e. The molecule has 0 aliphatic heterocycles. The third-order valence-corrected chi connectivity index (χ3v) is 4.74. The van der Waals surface area contributed by atoms with E-state index in [1.165, 1.54) is 11.8 Å². The highest BCUT2D eigenvalue weighted by molar-refractivity contribution is 7.99. The quantitative estimate of drug-likeness (QED) is 0.703. The molecule has 0 aromatic heterocycles. The highest BCUT2D eigenvalue weighted by atomic mass is 32.2. The van der Waals surface area contributed by atoms with E-state index in [0.29, 0.717) is 24.0 Å². The highest BCUT2D eigenvalue weighted by Gasteiger charge is 2.42. The predicted molar refractivity (Wildman–Crippen MR) is 90.7 cm³/mol. The van der Waals surface area contributed by atoms with Crippen LogP contribution in [0.4, 0.5) is 0 Å². The summed E-state index contributed by atoms with van der Waals surface area (Å²) in [7, 11) is 1.62. The van der Waals surface area contributed by atoms with Gasteiger partial charge in [-0.3, -0.25) is 4.79 Å². The fourth-order valence-electron chi connectivity index (χ4n) is 2.26. The smallest absolute Gasteiger partial charge is 0.231 e. The number of methoxy groups -OCH3 is 1. The van der Waals surface area contributed by atoms with Crippen molar-refractivity contribution in [2.75, 3.05) is 25.2 Å². The van der Waals surface area contributed by atoms with E-state index in [9.17, 15) is 10.1 Å². The summed E-state index contributed by atoms with van der Waals surface area (Å²) < 4.78 is 10.7. The molecule has 1 saturated carbocycles. The minimum absolute atomic E-state index is 0.0876. The number of carbonyl (C=O) groups excluding carboxylic acids is 1. The number of rotatable bonds is 9. The van der Waals surface area contributed by atoms with Crippen molar-refractivity contribution in [3.05, 3.63) is 24.3 Å². The average molecular weight is 334 g/mol. The SMILES string of the molecule is COc1ccc(OCCSCC(=O)N[C@@](C)(C#N)C2CC2)cc1. The maximum absolute atomic E-state index is 11.9. The fraction of sp³-hybridized carbons (Fsp3) is 0.529. The summed E-state index contributed by atoms with van der Waals surface area (Å²) in [5.74, 6) is 2.85. The van der Waals surface area contributed by atoms with E-state index in [1.54, 1.807) is 14.0 Å². The fourth-order valence-corrected chi connectivity index (χ4v) is 2.87. The first-order valence-corrected chi connectivity index (χ1v) is 8.80. The minimum Gasteiger partial charge on any atom is -0.497 e. The maximum atomic E-state index is 11.9. The van der Waals surface area contributed by atoms with Gasteiger partial charge in [0.1, 0.15) is 17.0 Å². The van der Waals surface area contributed by atoms with Crippen molar-refractivity contribution < 1.29 is 14.3 Å². The molecule has 6 heteroatoms. The number of nitriles is 1. The lowest BCUT2D eigenvalue weighted by Gasteiger charge is -2.22. The minimum atomic E-state index is -0.711. The Morgan fingerprint density at radius 1 is 1.39 bits per heavy atom. The van der Waals surface area contributed by atoms with Crippen molar-refractivity contribution in [3.8, 4) is 17.6 Å². The second kappa shape index (κ2) is 8.11. The Morgan fingerprint density at radius 3 is 2.61 bits per heavy atom. The molecule has 5 nitrogen and oxygen atoms in total. The van der Waals surface area contributed by atoms with E-state index in [0.717, 1.165) is 24.3 Å². The molecule has 1 atom stereocenters. The second-order valence-electron chi connectivity index (χ2n) is 5.71. The molecule has 1 aliphatic carbocycles. The van der Waals surface area contributed by atoms with Gasteiger partial charge in [0.15, 0.2) is 0 Å². The van der Waals surface area contributed by atoms with Crippen LogP contribution in [0.1, 0.15) is 19.8 Å². The molecule has 0 saturated heterocycles. The van der Waals surface area contributed by atoms with Gasteiger partial charge < -0.3 is 14.8 Å². The zero-order valence-corrected chi connectivity index (χ0v) is 14.3. The third kappa shape index (κ3) is 5.36. The first-order chi connectivity index (χ1) is 11.1. The van der Waals surface area contributed by atoms with Crippen molar-refractivity contribution in [2.45, 2.75) is 25.3 Å². The van der Waals surface area contributed by atoms with Gasteiger partial charge in [-0.05, 0) is 49.9 Å². The van der Waals surface area contributed by atoms with E-state index < -0.39 is 5.54 Å². The number of hydrogen-bond donors (Lipinski definition) is 1. The van der Waals surface area contributed by atoms with Crippen LogP contribution >= 0.6 is 11.8 Å². The molecule has 0 unspecified atom stereocenters.